The number of esters is 4. The number of ether oxygens (including phenoxy) is 5. The van der Waals surface area contributed by atoms with Crippen LogP contribution in [-0.2, 0) is 42.9 Å². The topological polar surface area (TPSA) is 178 Å². The largest absolute Gasteiger partial charge is 0.456 e. The van der Waals surface area contributed by atoms with Gasteiger partial charge in [0, 0.05) is 33.8 Å². The number of carbonyl (C=O) groups excluding carboxylic acids is 4. The molecule has 39 heavy (non-hydrogen) atoms. The molecule has 4 rings (SSSR count). The van der Waals surface area contributed by atoms with Gasteiger partial charge in [0.25, 0.3) is 0 Å². The quantitative estimate of drug-likeness (QED) is 0.276. The first-order chi connectivity index (χ1) is 18.5. The zero-order valence-corrected chi connectivity index (χ0v) is 21.5. The highest BCUT2D eigenvalue weighted by atomic mass is 16.7. The van der Waals surface area contributed by atoms with Crippen LogP contribution in [0.1, 0.15) is 27.7 Å². The molecule has 0 bridgehead atoms. The molecular weight excluding hydrogens is 518 g/mol. The van der Waals surface area contributed by atoms with Crippen LogP contribution in [-0.4, -0.2) is 71.3 Å². The number of aliphatic hydroxyl groups excluding tert-OH is 1. The summed E-state index contributed by atoms with van der Waals surface area (Å²) in [4.78, 5) is 60.8. The Labute approximate surface area is 221 Å². The van der Waals surface area contributed by atoms with Gasteiger partial charge in [-0.25, -0.2) is 4.98 Å². The molecule has 1 aromatic rings. The van der Waals surface area contributed by atoms with Crippen molar-refractivity contribution >= 4 is 35.0 Å². The molecule has 2 aliphatic heterocycles. The van der Waals surface area contributed by atoms with Crippen molar-refractivity contribution in [2.45, 2.75) is 58.4 Å². The summed E-state index contributed by atoms with van der Waals surface area (Å²) in [5.74, 6) is -2.47. The van der Waals surface area contributed by atoms with Crippen molar-refractivity contribution in [1.29, 1.82) is 0 Å². The Morgan fingerprint density at radius 3 is 2.03 bits per heavy atom. The number of hydrogen-bond donors (Lipinski definition) is 1. The summed E-state index contributed by atoms with van der Waals surface area (Å²) in [6, 6.07) is 12.1. The van der Waals surface area contributed by atoms with E-state index in [2.05, 4.69) is 4.98 Å². The fourth-order valence-corrected chi connectivity index (χ4v) is 3.81. The lowest BCUT2D eigenvalue weighted by Gasteiger charge is -2.43. The molecule has 0 saturated carbocycles. The molecule has 0 aromatic heterocycles. The number of benzene rings is 2. The molecule has 2 heterocycles. The highest BCUT2D eigenvalue weighted by molar-refractivity contribution is 5.76. The lowest BCUT2D eigenvalue weighted by atomic mass is 9.98. The summed E-state index contributed by atoms with van der Waals surface area (Å²) in [7, 11) is 0. The maximum Gasteiger partial charge on any atom is 0.305 e. The summed E-state index contributed by atoms with van der Waals surface area (Å²) in [6.45, 7) is 3.77. The summed E-state index contributed by atoms with van der Waals surface area (Å²) in [5, 5.41) is 9.44. The van der Waals surface area contributed by atoms with Gasteiger partial charge in [0.15, 0.2) is 29.0 Å². The lowest BCUT2D eigenvalue weighted by Crippen LogP contribution is -2.62. The third-order valence-corrected chi connectivity index (χ3v) is 5.22. The Morgan fingerprint density at radius 1 is 0.821 bits per heavy atom. The third-order valence-electron chi connectivity index (χ3n) is 5.22. The summed E-state index contributed by atoms with van der Waals surface area (Å²) in [5.41, 5.74) is 2.12. The van der Waals surface area contributed by atoms with E-state index in [9.17, 15) is 29.1 Å². The Hall–Kier alpha value is -4.36. The normalized spacial score (nSPS) is 22.2. The van der Waals surface area contributed by atoms with Gasteiger partial charge in [-0.3, -0.25) is 24.0 Å². The number of hydrogen-bond acceptors (Lipinski definition) is 13. The van der Waals surface area contributed by atoms with E-state index in [0.29, 0.717) is 17.0 Å². The summed E-state index contributed by atoms with van der Waals surface area (Å²) in [6.07, 6.45) is -6.56. The van der Waals surface area contributed by atoms with Crippen molar-refractivity contribution in [3.63, 3.8) is 0 Å². The van der Waals surface area contributed by atoms with E-state index in [4.69, 9.17) is 28.1 Å². The van der Waals surface area contributed by atoms with Gasteiger partial charge in [-0.05, 0) is 24.3 Å². The highest BCUT2D eigenvalue weighted by Gasteiger charge is 2.53. The van der Waals surface area contributed by atoms with E-state index in [-0.39, 0.29) is 5.43 Å². The van der Waals surface area contributed by atoms with Crippen molar-refractivity contribution in [1.82, 2.24) is 4.98 Å². The Balaban J connectivity index is 0.000000237. The Bertz CT molecular complexity index is 1370. The van der Waals surface area contributed by atoms with E-state index in [1.165, 1.54) is 12.1 Å². The van der Waals surface area contributed by atoms with E-state index in [0.717, 1.165) is 33.2 Å². The average Bonchev–Trinajstić information content (AvgIpc) is 2.85. The minimum atomic E-state index is -1.44. The van der Waals surface area contributed by atoms with Crippen LogP contribution < -0.4 is 5.43 Å². The van der Waals surface area contributed by atoms with Gasteiger partial charge < -0.3 is 33.2 Å². The van der Waals surface area contributed by atoms with Crippen LogP contribution in [0.2, 0.25) is 0 Å². The monoisotopic (exact) mass is 545 g/mol. The van der Waals surface area contributed by atoms with Crippen LogP contribution in [0.5, 0.6) is 0 Å². The van der Waals surface area contributed by atoms with Gasteiger partial charge in [-0.15, -0.1) is 0 Å². The molecule has 1 N–H and O–H groups in total. The van der Waals surface area contributed by atoms with Gasteiger partial charge in [-0.2, -0.15) is 0 Å². The van der Waals surface area contributed by atoms with Crippen molar-refractivity contribution in [2.75, 3.05) is 6.61 Å². The minimum absolute atomic E-state index is 0.0664. The van der Waals surface area contributed by atoms with E-state index >= 15 is 0 Å². The Morgan fingerprint density at radius 2 is 1.41 bits per heavy atom. The zero-order chi connectivity index (χ0) is 28.7. The number of fused-ring (bicyclic) bond motifs is 2. The highest BCUT2D eigenvalue weighted by Crippen LogP contribution is 2.29. The standard InChI is InChI=1S/C14H20O10.C12H7NO2/c1-6(16)20-11-10(5-15)24-14(23-9(4)19)13(22-8(3)18)12(11)21-7(2)17;14-8-5-6-10-12(7-8)15-11-4-2-1-3-9(11)13-10/h10-15H,5H2,1-4H3;1-7H/t10-,11+,12+,13-,14-;/m1./s1. The third kappa shape index (κ3) is 7.82. The molecule has 13 heteroatoms. The SMILES string of the molecule is CC(=O)O[C@@H]1O[C@H](CO)[C@H](OC(C)=O)[C@H](OC(C)=O)[C@H]1OC(C)=O.O=c1ccc2nc3ccccc3oc-2c1. The molecule has 1 aromatic carbocycles. The molecule has 0 spiro atoms. The Kier molecular flexibility index (Phi) is 9.68. The molecular formula is C26H27NO12. The van der Waals surface area contributed by atoms with Gasteiger partial charge in [-0.1, -0.05) is 12.1 Å². The molecule has 1 aliphatic carbocycles. The fraction of sp³-hybridized carbons (Fsp3) is 0.385. The molecule has 0 unspecified atom stereocenters. The molecule has 1 fully saturated rings. The summed E-state index contributed by atoms with van der Waals surface area (Å²) < 4.78 is 31.0. The number of aliphatic hydroxyl groups is 1. The second-order valence-electron chi connectivity index (χ2n) is 8.37. The van der Waals surface area contributed by atoms with Crippen molar-refractivity contribution in [3.05, 3.63) is 52.7 Å². The van der Waals surface area contributed by atoms with E-state index < -0.39 is 61.2 Å². The first kappa shape index (κ1) is 29.2. The number of aromatic nitrogens is 1. The van der Waals surface area contributed by atoms with Crippen LogP contribution in [0, 0.1) is 0 Å². The van der Waals surface area contributed by atoms with Crippen molar-refractivity contribution in [2.24, 2.45) is 0 Å². The molecule has 3 aliphatic rings. The first-order valence-corrected chi connectivity index (χ1v) is 11.7. The fourth-order valence-electron chi connectivity index (χ4n) is 3.81. The number of para-hydroxylation sites is 2. The van der Waals surface area contributed by atoms with Crippen molar-refractivity contribution in [3.8, 4) is 11.5 Å². The number of carbonyl (C=O) groups is 4. The van der Waals surface area contributed by atoms with Crippen LogP contribution >= 0.6 is 0 Å². The first-order valence-electron chi connectivity index (χ1n) is 11.7. The number of rotatable bonds is 5. The number of nitrogens with zero attached hydrogens (tertiary/aromatic N) is 1. The van der Waals surface area contributed by atoms with Gasteiger partial charge in [0.1, 0.15) is 17.3 Å². The molecule has 0 amide bonds. The maximum absolute atomic E-state index is 11.4. The smallest absolute Gasteiger partial charge is 0.305 e. The molecule has 1 saturated heterocycles. The van der Waals surface area contributed by atoms with Gasteiger partial charge >= 0.3 is 23.9 Å². The molecule has 208 valence electrons. The second kappa shape index (κ2) is 12.9. The van der Waals surface area contributed by atoms with Crippen LogP contribution in [0.15, 0.2) is 51.7 Å². The second-order valence-corrected chi connectivity index (χ2v) is 8.37. The van der Waals surface area contributed by atoms with E-state index in [1.807, 2.05) is 24.3 Å². The van der Waals surface area contributed by atoms with E-state index in [1.54, 1.807) is 6.07 Å². The van der Waals surface area contributed by atoms with Crippen molar-refractivity contribution < 1.29 is 52.4 Å². The lowest BCUT2D eigenvalue weighted by molar-refractivity contribution is -0.299. The van der Waals surface area contributed by atoms with Crippen LogP contribution in [0.3, 0.4) is 0 Å². The maximum atomic E-state index is 11.4. The molecule has 5 atom stereocenters. The molecule has 0 radical (unpaired) electrons. The average molecular weight is 545 g/mol. The zero-order valence-electron chi connectivity index (χ0n) is 21.5. The minimum Gasteiger partial charge on any atom is -0.456 e. The molecule has 13 nitrogen and oxygen atoms in total. The van der Waals surface area contributed by atoms with Crippen LogP contribution in [0.4, 0.5) is 0 Å². The summed E-state index contributed by atoms with van der Waals surface area (Å²) >= 11 is 0. The predicted octanol–water partition coefficient (Wildman–Crippen LogP) is 1.35. The van der Waals surface area contributed by atoms with Crippen LogP contribution in [0.25, 0.3) is 22.6 Å². The predicted molar refractivity (Wildman–Crippen MR) is 131 cm³/mol. The van der Waals surface area contributed by atoms with Gasteiger partial charge in [0.2, 0.25) is 12.4 Å². The van der Waals surface area contributed by atoms with Gasteiger partial charge in [0.05, 0.1) is 6.61 Å².